The molecule has 3 saturated heterocycles. The van der Waals surface area contributed by atoms with Crippen molar-refractivity contribution in [2.24, 2.45) is 11.8 Å². The maximum Gasteiger partial charge on any atom is 0.250 e. The van der Waals surface area contributed by atoms with Crippen LogP contribution in [0.15, 0.2) is 24.3 Å². The van der Waals surface area contributed by atoms with Crippen LogP contribution in [-0.2, 0) is 19.1 Å². The van der Waals surface area contributed by atoms with Gasteiger partial charge in [-0.1, -0.05) is 30.7 Å². The van der Waals surface area contributed by atoms with Gasteiger partial charge in [0, 0.05) is 19.7 Å². The normalized spacial score (nSPS) is 31.6. The number of amides is 3. The van der Waals surface area contributed by atoms with Gasteiger partial charge >= 0.3 is 0 Å². The second-order valence-corrected chi connectivity index (χ2v) is 10.2. The highest BCUT2D eigenvalue weighted by Gasteiger charge is 2.77. The van der Waals surface area contributed by atoms with E-state index in [0.29, 0.717) is 49.5 Å². The number of anilines is 1. The number of rotatable bonds is 10. The number of nitrogens with one attached hydrogen (secondary N) is 2. The largest absolute Gasteiger partial charge is 0.396 e. The predicted molar refractivity (Wildman–Crippen MR) is 128 cm³/mol. The molecule has 1 aromatic rings. The highest BCUT2D eigenvalue weighted by Crippen LogP contribution is 2.63. The number of unbranched alkanes of at least 4 members (excludes halogenated alkanes) is 2. The molecule has 34 heavy (non-hydrogen) atoms. The topological polar surface area (TPSA) is 108 Å². The number of halogens is 1. The van der Waals surface area contributed by atoms with Gasteiger partial charge in [-0.25, -0.2) is 0 Å². The fourth-order valence-electron chi connectivity index (χ4n) is 6.06. The lowest BCUT2D eigenvalue weighted by Crippen LogP contribution is -2.53. The smallest absolute Gasteiger partial charge is 0.250 e. The number of likely N-dealkylation sites (tertiary alicyclic amines) is 1. The Balaban J connectivity index is 1.67. The number of carbonyl (C=O) groups excluding carboxylic acids is 3. The number of nitrogens with zero attached hydrogens (tertiary/aromatic N) is 1. The molecule has 3 heterocycles. The van der Waals surface area contributed by atoms with Crippen molar-refractivity contribution in [1.82, 2.24) is 10.2 Å². The molecule has 3 fully saturated rings. The first-order valence-corrected chi connectivity index (χ1v) is 12.6. The summed E-state index contributed by atoms with van der Waals surface area (Å²) in [6, 6.07) is 6.11. The summed E-state index contributed by atoms with van der Waals surface area (Å²) in [7, 11) is 0. The van der Waals surface area contributed by atoms with Gasteiger partial charge in [0.25, 0.3) is 0 Å². The van der Waals surface area contributed by atoms with Gasteiger partial charge in [0.15, 0.2) is 0 Å². The standard InChI is InChI=1S/C25H34ClN3O5/c1-3-13-27-21(31)18-19-23(33)29(14-7-4-8-15-30)20(25(19)12-11-24(18,2)34-25)22(32)28-17-10-6-5-9-16(17)26/h5-6,9-10,18-20,30H,3-4,7-8,11-15H2,1-2H3,(H,27,31)(H,28,32)/t18-,19-,20?,24+,25?/m0/s1. The van der Waals surface area contributed by atoms with Crippen molar-refractivity contribution in [2.45, 2.75) is 69.6 Å². The van der Waals surface area contributed by atoms with Crippen molar-refractivity contribution in [3.05, 3.63) is 29.3 Å². The minimum absolute atomic E-state index is 0.0814. The first-order valence-electron chi connectivity index (χ1n) is 12.2. The molecule has 3 N–H and O–H groups in total. The zero-order valence-corrected chi connectivity index (χ0v) is 20.6. The number of benzene rings is 1. The van der Waals surface area contributed by atoms with Crippen LogP contribution in [0, 0.1) is 11.8 Å². The van der Waals surface area contributed by atoms with Gasteiger partial charge in [-0.2, -0.15) is 0 Å². The number of fused-ring (bicyclic) bond motifs is 1. The van der Waals surface area contributed by atoms with E-state index in [1.807, 2.05) is 13.8 Å². The van der Waals surface area contributed by atoms with Crippen LogP contribution in [-0.4, -0.2) is 64.7 Å². The van der Waals surface area contributed by atoms with E-state index in [9.17, 15) is 14.4 Å². The number of hydrogen-bond donors (Lipinski definition) is 3. The Labute approximate surface area is 205 Å². The molecule has 186 valence electrons. The summed E-state index contributed by atoms with van der Waals surface area (Å²) >= 11 is 6.28. The zero-order valence-electron chi connectivity index (χ0n) is 19.8. The summed E-state index contributed by atoms with van der Waals surface area (Å²) in [5.41, 5.74) is -1.37. The number of aliphatic hydroxyl groups is 1. The highest BCUT2D eigenvalue weighted by molar-refractivity contribution is 6.33. The van der Waals surface area contributed by atoms with Gasteiger partial charge in [0.2, 0.25) is 17.7 Å². The van der Waals surface area contributed by atoms with Crippen LogP contribution in [0.3, 0.4) is 0 Å². The molecule has 0 radical (unpaired) electrons. The van der Waals surface area contributed by atoms with E-state index in [2.05, 4.69) is 10.6 Å². The Morgan fingerprint density at radius 1 is 1.21 bits per heavy atom. The van der Waals surface area contributed by atoms with Crippen LogP contribution in [0.2, 0.25) is 5.02 Å². The van der Waals surface area contributed by atoms with E-state index in [0.717, 1.165) is 12.8 Å². The number of aliphatic hydroxyl groups excluding tert-OH is 1. The highest BCUT2D eigenvalue weighted by atomic mass is 35.5. The molecular weight excluding hydrogens is 458 g/mol. The molecule has 9 heteroatoms. The molecule has 8 nitrogen and oxygen atoms in total. The minimum Gasteiger partial charge on any atom is -0.396 e. The number of carbonyl (C=O) groups is 3. The Morgan fingerprint density at radius 3 is 2.68 bits per heavy atom. The molecule has 0 aliphatic carbocycles. The lowest BCUT2D eigenvalue weighted by atomic mass is 9.66. The third-order valence-corrected chi connectivity index (χ3v) is 7.88. The Kier molecular flexibility index (Phi) is 7.22. The van der Waals surface area contributed by atoms with Crippen LogP contribution < -0.4 is 10.6 Å². The van der Waals surface area contributed by atoms with Crippen LogP contribution >= 0.6 is 11.6 Å². The van der Waals surface area contributed by atoms with E-state index >= 15 is 0 Å². The predicted octanol–water partition coefficient (Wildman–Crippen LogP) is 2.73. The Bertz CT molecular complexity index is 958. The van der Waals surface area contributed by atoms with Crippen molar-refractivity contribution >= 4 is 35.0 Å². The van der Waals surface area contributed by atoms with E-state index in [-0.39, 0.29) is 24.3 Å². The van der Waals surface area contributed by atoms with Crippen LogP contribution in [0.5, 0.6) is 0 Å². The van der Waals surface area contributed by atoms with Crippen LogP contribution in [0.25, 0.3) is 0 Å². The second kappa shape index (κ2) is 9.84. The van der Waals surface area contributed by atoms with E-state index in [1.165, 1.54) is 0 Å². The molecule has 2 bridgehead atoms. The zero-order chi connectivity index (χ0) is 24.5. The number of ether oxygens (including phenoxy) is 1. The average molecular weight is 492 g/mol. The number of para-hydroxylation sites is 1. The molecule has 2 unspecified atom stereocenters. The minimum atomic E-state index is -1.05. The molecule has 1 spiro atoms. The lowest BCUT2D eigenvalue weighted by molar-refractivity contribution is -0.144. The summed E-state index contributed by atoms with van der Waals surface area (Å²) < 4.78 is 6.56. The molecule has 0 aromatic heterocycles. The van der Waals surface area contributed by atoms with Crippen LogP contribution in [0.4, 0.5) is 5.69 Å². The molecule has 4 rings (SSSR count). The van der Waals surface area contributed by atoms with Gasteiger partial charge in [-0.15, -0.1) is 0 Å². The Morgan fingerprint density at radius 2 is 1.97 bits per heavy atom. The van der Waals surface area contributed by atoms with Crippen molar-refractivity contribution < 1.29 is 24.2 Å². The van der Waals surface area contributed by atoms with Crippen molar-refractivity contribution in [2.75, 3.05) is 25.0 Å². The van der Waals surface area contributed by atoms with Gasteiger partial charge in [0.05, 0.1) is 28.1 Å². The summed E-state index contributed by atoms with van der Waals surface area (Å²) in [4.78, 5) is 42.3. The third kappa shape index (κ3) is 4.10. The average Bonchev–Trinajstić information content (AvgIpc) is 3.37. The maximum absolute atomic E-state index is 13.8. The molecule has 1 aromatic carbocycles. The van der Waals surface area contributed by atoms with Gasteiger partial charge < -0.3 is 25.4 Å². The lowest BCUT2D eigenvalue weighted by Gasteiger charge is -2.33. The molecule has 0 saturated carbocycles. The number of hydrogen-bond acceptors (Lipinski definition) is 5. The fourth-order valence-corrected chi connectivity index (χ4v) is 6.24. The monoisotopic (exact) mass is 491 g/mol. The van der Waals surface area contributed by atoms with Gasteiger partial charge in [-0.3, -0.25) is 14.4 Å². The summed E-state index contributed by atoms with van der Waals surface area (Å²) in [6.07, 6.45) is 3.94. The third-order valence-electron chi connectivity index (χ3n) is 7.55. The van der Waals surface area contributed by atoms with Crippen LogP contribution in [0.1, 0.15) is 52.4 Å². The Hall–Kier alpha value is -2.16. The summed E-state index contributed by atoms with van der Waals surface area (Å²) in [5.74, 6) is -2.09. The summed E-state index contributed by atoms with van der Waals surface area (Å²) in [5, 5.41) is 15.4. The van der Waals surface area contributed by atoms with Crippen molar-refractivity contribution in [3.63, 3.8) is 0 Å². The summed E-state index contributed by atoms with van der Waals surface area (Å²) in [6.45, 7) is 4.84. The van der Waals surface area contributed by atoms with E-state index in [4.69, 9.17) is 21.4 Å². The van der Waals surface area contributed by atoms with Crippen molar-refractivity contribution in [3.8, 4) is 0 Å². The molecular formula is C25H34ClN3O5. The van der Waals surface area contributed by atoms with E-state index < -0.39 is 29.1 Å². The SMILES string of the molecule is CCCNC(=O)[C@@H]1[C@H]2C(=O)N(CCCCCO)C(C(=O)Nc3ccccc3Cl)C23CC[C@@]1(C)O3. The first kappa shape index (κ1) is 24.9. The maximum atomic E-state index is 13.8. The molecule has 5 atom stereocenters. The molecule has 3 amide bonds. The van der Waals surface area contributed by atoms with Gasteiger partial charge in [0.1, 0.15) is 11.6 Å². The quantitative estimate of drug-likeness (QED) is 0.436. The fraction of sp³-hybridized carbons (Fsp3) is 0.640. The first-order chi connectivity index (χ1) is 16.3. The van der Waals surface area contributed by atoms with Gasteiger partial charge in [-0.05, 0) is 57.6 Å². The second-order valence-electron chi connectivity index (χ2n) is 9.80. The van der Waals surface area contributed by atoms with Crippen molar-refractivity contribution in [1.29, 1.82) is 0 Å². The molecule has 3 aliphatic rings. The molecule has 3 aliphatic heterocycles. The van der Waals surface area contributed by atoms with E-state index in [1.54, 1.807) is 29.2 Å².